The van der Waals surface area contributed by atoms with E-state index in [1.807, 2.05) is 42.5 Å². The fourth-order valence-corrected chi connectivity index (χ4v) is 6.42. The van der Waals surface area contributed by atoms with Crippen molar-refractivity contribution in [1.82, 2.24) is 0 Å². The molecule has 4 aromatic carbocycles. The number of hydrogen-bond donors (Lipinski definition) is 0. The van der Waals surface area contributed by atoms with Gasteiger partial charge in [0, 0.05) is 15.6 Å². The lowest BCUT2D eigenvalue weighted by molar-refractivity contribution is -0.127. The predicted octanol–water partition coefficient (Wildman–Crippen LogP) is 5.81. The SMILES string of the molecule is O=C1[C@H]2[C@@H](C(=O)N1c1ccc(-c3ccccc3)cc1)C1(O[C@H]2c2ccc(Br)cc2)C(=O)c2ccccc2C1=O. The van der Waals surface area contributed by atoms with Gasteiger partial charge in [-0.1, -0.05) is 94.8 Å². The average molecular weight is 578 g/mol. The van der Waals surface area contributed by atoms with E-state index in [0.29, 0.717) is 11.3 Å². The van der Waals surface area contributed by atoms with Gasteiger partial charge in [-0.05, 0) is 41.0 Å². The number of nitrogens with zero attached hydrogens (tertiary/aromatic N) is 1. The Kier molecular flexibility index (Phi) is 5.30. The van der Waals surface area contributed by atoms with Gasteiger partial charge in [-0.2, -0.15) is 0 Å². The van der Waals surface area contributed by atoms with Gasteiger partial charge in [0.15, 0.2) is 0 Å². The minimum absolute atomic E-state index is 0.212. The maximum Gasteiger partial charge on any atom is 0.241 e. The Morgan fingerprint density at radius 2 is 1.21 bits per heavy atom. The zero-order valence-corrected chi connectivity index (χ0v) is 22.0. The third kappa shape index (κ3) is 3.30. The molecule has 3 atom stereocenters. The lowest BCUT2D eigenvalue weighted by atomic mass is 9.77. The highest BCUT2D eigenvalue weighted by atomic mass is 79.9. The zero-order valence-electron chi connectivity index (χ0n) is 20.4. The number of halogens is 1. The van der Waals surface area contributed by atoms with Crippen LogP contribution in [0.2, 0.25) is 0 Å². The van der Waals surface area contributed by atoms with E-state index in [9.17, 15) is 19.2 Å². The summed E-state index contributed by atoms with van der Waals surface area (Å²) in [5.74, 6) is -4.54. The first kappa shape index (κ1) is 23.9. The van der Waals surface area contributed by atoms with Crippen LogP contribution in [-0.2, 0) is 14.3 Å². The normalized spacial score (nSPS) is 23.0. The maximum absolute atomic E-state index is 14.1. The third-order valence-electron chi connectivity index (χ3n) is 7.95. The highest BCUT2D eigenvalue weighted by molar-refractivity contribution is 9.10. The molecule has 0 radical (unpaired) electrons. The number of carbonyl (C=O) groups excluding carboxylic acids is 4. The van der Waals surface area contributed by atoms with E-state index in [1.165, 1.54) is 0 Å². The van der Waals surface area contributed by atoms with E-state index in [2.05, 4.69) is 15.9 Å². The number of imide groups is 1. The van der Waals surface area contributed by atoms with Crippen molar-refractivity contribution < 1.29 is 23.9 Å². The quantitative estimate of drug-likeness (QED) is 0.227. The molecule has 7 rings (SSSR count). The highest BCUT2D eigenvalue weighted by Crippen LogP contribution is 2.57. The van der Waals surface area contributed by atoms with Crippen molar-refractivity contribution in [3.8, 4) is 11.1 Å². The Hall–Kier alpha value is -4.20. The fourth-order valence-electron chi connectivity index (χ4n) is 6.16. The standard InChI is InChI=1S/C32H20BrNO5/c33-21-14-10-20(11-15-21)27-25-26(32(39-27)28(35)23-8-4-5-9-24(23)29(32)36)31(38)34(30(25)37)22-16-12-19(13-17-22)18-6-2-1-3-7-18/h1-17,25-27H/t25-,26-,27-/m0/s1. The number of carbonyl (C=O) groups is 4. The van der Waals surface area contributed by atoms with Crippen LogP contribution in [0.25, 0.3) is 11.1 Å². The van der Waals surface area contributed by atoms with Gasteiger partial charge >= 0.3 is 0 Å². The molecule has 3 aliphatic rings. The second-order valence-corrected chi connectivity index (χ2v) is 10.9. The van der Waals surface area contributed by atoms with E-state index >= 15 is 0 Å². The molecule has 1 aliphatic carbocycles. The molecular formula is C32H20BrNO5. The Morgan fingerprint density at radius 3 is 1.82 bits per heavy atom. The first-order valence-electron chi connectivity index (χ1n) is 12.6. The maximum atomic E-state index is 14.1. The predicted molar refractivity (Wildman–Crippen MR) is 147 cm³/mol. The van der Waals surface area contributed by atoms with Crippen molar-refractivity contribution in [1.29, 1.82) is 0 Å². The molecule has 2 heterocycles. The van der Waals surface area contributed by atoms with Gasteiger partial charge in [-0.25, -0.2) is 4.90 Å². The van der Waals surface area contributed by atoms with E-state index in [-0.39, 0.29) is 11.1 Å². The first-order chi connectivity index (χ1) is 18.9. The summed E-state index contributed by atoms with van der Waals surface area (Å²) in [6.07, 6.45) is -0.949. The highest BCUT2D eigenvalue weighted by Gasteiger charge is 2.74. The van der Waals surface area contributed by atoms with Gasteiger partial charge in [0.1, 0.15) is 0 Å². The molecule has 4 aromatic rings. The molecule has 0 bridgehead atoms. The van der Waals surface area contributed by atoms with Crippen molar-refractivity contribution in [2.45, 2.75) is 11.7 Å². The molecule has 0 unspecified atom stereocenters. The minimum atomic E-state index is -2.09. The Labute approximate surface area is 232 Å². The number of amides is 2. The van der Waals surface area contributed by atoms with Crippen LogP contribution in [-0.4, -0.2) is 29.0 Å². The zero-order chi connectivity index (χ0) is 26.9. The molecule has 2 aliphatic heterocycles. The van der Waals surface area contributed by atoms with Crippen molar-refractivity contribution in [3.05, 3.63) is 124 Å². The van der Waals surface area contributed by atoms with E-state index in [0.717, 1.165) is 20.5 Å². The smallest absolute Gasteiger partial charge is 0.241 e. The Morgan fingerprint density at radius 1 is 0.641 bits per heavy atom. The molecule has 6 nitrogen and oxygen atoms in total. The van der Waals surface area contributed by atoms with Crippen LogP contribution in [0.5, 0.6) is 0 Å². The van der Waals surface area contributed by atoms with Gasteiger partial charge in [-0.3, -0.25) is 19.2 Å². The third-order valence-corrected chi connectivity index (χ3v) is 8.48. The van der Waals surface area contributed by atoms with Gasteiger partial charge < -0.3 is 4.74 Å². The van der Waals surface area contributed by atoms with Crippen LogP contribution >= 0.6 is 15.9 Å². The molecule has 0 N–H and O–H groups in total. The fraction of sp³-hybridized carbons (Fsp3) is 0.125. The molecule has 2 fully saturated rings. The largest absolute Gasteiger partial charge is 0.349 e. The van der Waals surface area contributed by atoms with Gasteiger partial charge in [0.25, 0.3) is 0 Å². The van der Waals surface area contributed by atoms with Crippen molar-refractivity contribution >= 4 is 45.0 Å². The molecule has 7 heteroatoms. The summed E-state index contributed by atoms with van der Waals surface area (Å²) in [6.45, 7) is 0. The van der Waals surface area contributed by atoms with Gasteiger partial charge in [-0.15, -0.1) is 0 Å². The Balaban J connectivity index is 1.34. The molecule has 0 aromatic heterocycles. The van der Waals surface area contributed by atoms with Crippen LogP contribution in [0.4, 0.5) is 5.69 Å². The molecule has 2 saturated heterocycles. The summed E-state index contributed by atoms with van der Waals surface area (Å²) < 4.78 is 7.15. The molecule has 2 amide bonds. The van der Waals surface area contributed by atoms with Crippen molar-refractivity contribution in [3.63, 3.8) is 0 Å². The van der Waals surface area contributed by atoms with Crippen molar-refractivity contribution in [2.24, 2.45) is 11.8 Å². The second kappa shape index (κ2) is 8.66. The minimum Gasteiger partial charge on any atom is -0.349 e. The number of fused-ring (bicyclic) bond motifs is 3. The van der Waals surface area contributed by atoms with E-state index in [1.54, 1.807) is 60.7 Å². The lowest BCUT2D eigenvalue weighted by Crippen LogP contribution is -2.51. The summed E-state index contributed by atoms with van der Waals surface area (Å²) in [5.41, 5.74) is 1.28. The van der Waals surface area contributed by atoms with Crippen LogP contribution < -0.4 is 4.90 Å². The number of ketones is 2. The van der Waals surface area contributed by atoms with Gasteiger partial charge in [0.05, 0.1) is 23.6 Å². The number of rotatable bonds is 3. The van der Waals surface area contributed by atoms with E-state index < -0.39 is 46.9 Å². The molecule has 0 saturated carbocycles. The summed E-state index contributed by atoms with van der Waals surface area (Å²) in [6, 6.07) is 30.5. The first-order valence-corrected chi connectivity index (χ1v) is 13.4. The topological polar surface area (TPSA) is 80.8 Å². The number of ether oxygens (including phenoxy) is 1. The molecule has 39 heavy (non-hydrogen) atoms. The van der Waals surface area contributed by atoms with E-state index in [4.69, 9.17) is 4.74 Å². The Bertz CT molecular complexity index is 1650. The molecule has 190 valence electrons. The molecular weight excluding hydrogens is 558 g/mol. The van der Waals surface area contributed by atoms with Crippen LogP contribution in [0, 0.1) is 11.8 Å². The van der Waals surface area contributed by atoms with Crippen LogP contribution in [0.3, 0.4) is 0 Å². The molecule has 1 spiro atoms. The number of anilines is 1. The summed E-state index contributed by atoms with van der Waals surface area (Å²) in [7, 11) is 0. The summed E-state index contributed by atoms with van der Waals surface area (Å²) in [5, 5.41) is 0. The monoisotopic (exact) mass is 577 g/mol. The van der Waals surface area contributed by atoms with Gasteiger partial charge in [0.2, 0.25) is 29.0 Å². The number of hydrogen-bond acceptors (Lipinski definition) is 5. The van der Waals surface area contributed by atoms with Crippen LogP contribution in [0.15, 0.2) is 108 Å². The number of Topliss-reactive ketones (excluding diaryl/α,β-unsaturated/α-hetero) is 2. The van der Waals surface area contributed by atoms with Crippen molar-refractivity contribution in [2.75, 3.05) is 4.90 Å². The summed E-state index contributed by atoms with van der Waals surface area (Å²) in [4.78, 5) is 57.0. The lowest BCUT2D eigenvalue weighted by Gasteiger charge is -2.27. The summed E-state index contributed by atoms with van der Waals surface area (Å²) >= 11 is 3.41. The second-order valence-electron chi connectivity index (χ2n) is 9.96. The number of benzene rings is 4. The average Bonchev–Trinajstić information content (AvgIpc) is 3.54. The van der Waals surface area contributed by atoms with Crippen LogP contribution in [0.1, 0.15) is 32.4 Å².